The quantitative estimate of drug-likeness (QED) is 0.787. The number of nitrogens with one attached hydrogen (secondary N) is 1. The second-order valence-electron chi connectivity index (χ2n) is 5.35. The molecule has 1 atom stereocenters. The molecule has 6 heteroatoms. The normalized spacial score (nSPS) is 17.5. The van der Waals surface area contributed by atoms with Crippen LogP contribution in [0, 0.1) is 11.6 Å². The van der Waals surface area contributed by atoms with Crippen LogP contribution in [0.5, 0.6) is 5.75 Å². The summed E-state index contributed by atoms with van der Waals surface area (Å²) in [6.45, 7) is 1.22. The van der Waals surface area contributed by atoms with Crippen molar-refractivity contribution in [2.24, 2.45) is 0 Å². The van der Waals surface area contributed by atoms with Crippen molar-refractivity contribution in [2.45, 2.75) is 38.2 Å². The molecule has 2 rings (SSSR count). The Balaban J connectivity index is 1.77. The van der Waals surface area contributed by atoms with Crippen molar-refractivity contribution in [2.75, 3.05) is 20.3 Å². The predicted octanol–water partition coefficient (Wildman–Crippen LogP) is 3.05. The molecular formula is C16H21F2NO3. The van der Waals surface area contributed by atoms with Gasteiger partial charge in [-0.15, -0.1) is 0 Å². The van der Waals surface area contributed by atoms with Crippen LogP contribution >= 0.6 is 0 Å². The monoisotopic (exact) mass is 313 g/mol. The fourth-order valence-corrected chi connectivity index (χ4v) is 2.54. The highest BCUT2D eigenvalue weighted by Crippen LogP contribution is 2.20. The summed E-state index contributed by atoms with van der Waals surface area (Å²) >= 11 is 0. The average molecular weight is 313 g/mol. The number of carbonyl (C=O) groups is 1. The molecule has 0 saturated carbocycles. The lowest BCUT2D eigenvalue weighted by Crippen LogP contribution is -2.26. The van der Waals surface area contributed by atoms with Crippen molar-refractivity contribution >= 4 is 5.91 Å². The third kappa shape index (κ3) is 4.40. The van der Waals surface area contributed by atoms with Gasteiger partial charge >= 0.3 is 0 Å². The zero-order valence-electron chi connectivity index (χ0n) is 12.7. The van der Waals surface area contributed by atoms with E-state index in [1.807, 2.05) is 0 Å². The topological polar surface area (TPSA) is 47.6 Å². The Bertz CT molecular complexity index is 493. The molecule has 1 aromatic rings. The first-order valence-corrected chi connectivity index (χ1v) is 7.54. The van der Waals surface area contributed by atoms with E-state index in [-0.39, 0.29) is 5.75 Å². The van der Waals surface area contributed by atoms with Crippen molar-refractivity contribution in [3.8, 4) is 5.75 Å². The van der Waals surface area contributed by atoms with E-state index in [9.17, 15) is 13.6 Å². The lowest BCUT2D eigenvalue weighted by Gasteiger charge is -2.10. The van der Waals surface area contributed by atoms with E-state index in [2.05, 4.69) is 5.32 Å². The first kappa shape index (κ1) is 16.7. The molecular weight excluding hydrogens is 292 g/mol. The van der Waals surface area contributed by atoms with Gasteiger partial charge in [-0.3, -0.25) is 4.79 Å². The number of halogens is 2. The van der Waals surface area contributed by atoms with Gasteiger partial charge in [0.15, 0.2) is 0 Å². The number of hydrogen-bond acceptors (Lipinski definition) is 3. The van der Waals surface area contributed by atoms with E-state index >= 15 is 0 Å². The molecule has 1 aromatic carbocycles. The van der Waals surface area contributed by atoms with Crippen LogP contribution in [0.4, 0.5) is 8.78 Å². The number of methoxy groups -OCH3 is 1. The SMILES string of the molecule is COc1cc(F)c(C(=O)NCCCC[C@H]2CCCO2)c(F)c1. The zero-order chi connectivity index (χ0) is 15.9. The fraction of sp³-hybridized carbons (Fsp3) is 0.562. The van der Waals surface area contributed by atoms with E-state index in [0.717, 1.165) is 50.8 Å². The first-order chi connectivity index (χ1) is 10.6. The number of rotatable bonds is 7. The van der Waals surface area contributed by atoms with Crippen LogP contribution in [0.25, 0.3) is 0 Å². The number of amides is 1. The van der Waals surface area contributed by atoms with Crippen LogP contribution in [-0.4, -0.2) is 32.3 Å². The number of ether oxygens (including phenoxy) is 2. The molecule has 0 aliphatic carbocycles. The standard InChI is InChI=1S/C16H21F2NO3/c1-21-12-9-13(17)15(14(18)10-12)16(20)19-7-3-2-5-11-6-4-8-22-11/h9-11H,2-8H2,1H3,(H,19,20)/t11-/m0/s1. The lowest BCUT2D eigenvalue weighted by molar-refractivity contribution is 0.0939. The molecule has 1 heterocycles. The molecule has 122 valence electrons. The summed E-state index contributed by atoms with van der Waals surface area (Å²) in [4.78, 5) is 11.8. The zero-order valence-corrected chi connectivity index (χ0v) is 12.7. The number of carbonyl (C=O) groups excluding carboxylic acids is 1. The van der Waals surface area contributed by atoms with Gasteiger partial charge in [0, 0.05) is 25.3 Å². The van der Waals surface area contributed by atoms with Crippen molar-refractivity contribution in [1.29, 1.82) is 0 Å². The van der Waals surface area contributed by atoms with E-state index in [1.165, 1.54) is 7.11 Å². The molecule has 1 N–H and O–H groups in total. The van der Waals surface area contributed by atoms with Gasteiger partial charge in [-0.2, -0.15) is 0 Å². The Morgan fingerprint density at radius 3 is 2.68 bits per heavy atom. The summed E-state index contributed by atoms with van der Waals surface area (Å²) in [6, 6.07) is 1.99. The number of benzene rings is 1. The summed E-state index contributed by atoms with van der Waals surface area (Å²) in [7, 11) is 1.31. The van der Waals surface area contributed by atoms with Crippen molar-refractivity contribution in [1.82, 2.24) is 5.32 Å². The maximum Gasteiger partial charge on any atom is 0.257 e. The van der Waals surface area contributed by atoms with Gasteiger partial charge in [0.25, 0.3) is 5.91 Å². The van der Waals surface area contributed by atoms with Gasteiger partial charge in [-0.1, -0.05) is 0 Å². The van der Waals surface area contributed by atoms with Gasteiger partial charge < -0.3 is 14.8 Å². The van der Waals surface area contributed by atoms with Crippen LogP contribution in [0.2, 0.25) is 0 Å². The van der Waals surface area contributed by atoms with Gasteiger partial charge in [-0.05, 0) is 32.1 Å². The Labute approximate surface area is 128 Å². The number of unbranched alkanes of at least 4 members (excludes halogenated alkanes) is 1. The molecule has 1 saturated heterocycles. The fourth-order valence-electron chi connectivity index (χ4n) is 2.54. The smallest absolute Gasteiger partial charge is 0.257 e. The number of hydrogen-bond donors (Lipinski definition) is 1. The van der Waals surface area contributed by atoms with Crippen LogP contribution in [-0.2, 0) is 4.74 Å². The highest BCUT2D eigenvalue weighted by atomic mass is 19.1. The predicted molar refractivity (Wildman–Crippen MR) is 78.1 cm³/mol. The molecule has 22 heavy (non-hydrogen) atoms. The average Bonchev–Trinajstić information content (AvgIpc) is 2.99. The molecule has 0 radical (unpaired) electrons. The molecule has 0 aromatic heterocycles. The largest absolute Gasteiger partial charge is 0.497 e. The maximum atomic E-state index is 13.7. The Hall–Kier alpha value is -1.69. The second kappa shape index (κ2) is 8.08. The molecule has 1 fully saturated rings. The summed E-state index contributed by atoms with van der Waals surface area (Å²) < 4.78 is 37.7. The summed E-state index contributed by atoms with van der Waals surface area (Å²) in [5, 5.41) is 2.54. The Morgan fingerprint density at radius 2 is 2.09 bits per heavy atom. The van der Waals surface area contributed by atoms with Crippen LogP contribution in [0.1, 0.15) is 42.5 Å². The maximum absolute atomic E-state index is 13.7. The van der Waals surface area contributed by atoms with E-state index in [0.29, 0.717) is 12.6 Å². The van der Waals surface area contributed by atoms with Gasteiger partial charge in [0.1, 0.15) is 22.9 Å². The second-order valence-corrected chi connectivity index (χ2v) is 5.35. The Kier molecular flexibility index (Phi) is 6.12. The summed E-state index contributed by atoms with van der Waals surface area (Å²) in [6.07, 6.45) is 5.16. The minimum atomic E-state index is -0.922. The summed E-state index contributed by atoms with van der Waals surface area (Å²) in [5.41, 5.74) is -0.570. The van der Waals surface area contributed by atoms with Crippen molar-refractivity contribution in [3.63, 3.8) is 0 Å². The Morgan fingerprint density at radius 1 is 1.36 bits per heavy atom. The minimum absolute atomic E-state index is 0.0445. The molecule has 4 nitrogen and oxygen atoms in total. The molecule has 1 aliphatic rings. The van der Waals surface area contributed by atoms with Crippen LogP contribution in [0.15, 0.2) is 12.1 Å². The van der Waals surface area contributed by atoms with E-state index in [4.69, 9.17) is 9.47 Å². The molecule has 1 amide bonds. The van der Waals surface area contributed by atoms with Crippen molar-refractivity contribution in [3.05, 3.63) is 29.3 Å². The van der Waals surface area contributed by atoms with E-state index in [1.54, 1.807) is 0 Å². The molecule has 0 bridgehead atoms. The third-order valence-electron chi connectivity index (χ3n) is 3.74. The van der Waals surface area contributed by atoms with Gasteiger partial charge in [0.2, 0.25) is 0 Å². The van der Waals surface area contributed by atoms with Gasteiger partial charge in [-0.25, -0.2) is 8.78 Å². The molecule has 1 aliphatic heterocycles. The first-order valence-electron chi connectivity index (χ1n) is 7.54. The lowest BCUT2D eigenvalue weighted by atomic mass is 10.1. The minimum Gasteiger partial charge on any atom is -0.497 e. The highest BCUT2D eigenvalue weighted by molar-refractivity contribution is 5.94. The molecule has 0 spiro atoms. The third-order valence-corrected chi connectivity index (χ3v) is 3.74. The highest BCUT2D eigenvalue weighted by Gasteiger charge is 2.19. The van der Waals surface area contributed by atoms with Crippen molar-refractivity contribution < 1.29 is 23.0 Å². The summed E-state index contributed by atoms with van der Waals surface area (Å²) in [5.74, 6) is -2.54. The van der Waals surface area contributed by atoms with Crippen LogP contribution < -0.4 is 10.1 Å². The van der Waals surface area contributed by atoms with Gasteiger partial charge in [0.05, 0.1) is 13.2 Å². The van der Waals surface area contributed by atoms with Crippen LogP contribution in [0.3, 0.4) is 0 Å². The van der Waals surface area contributed by atoms with E-state index < -0.39 is 23.1 Å². The molecule has 0 unspecified atom stereocenters.